The minimum atomic E-state index is -0.0371. The van der Waals surface area contributed by atoms with Gasteiger partial charge in [0, 0.05) is 29.1 Å². The number of fused-ring (bicyclic) bond motifs is 2. The van der Waals surface area contributed by atoms with Crippen LogP contribution in [-0.4, -0.2) is 5.60 Å². The number of hydrogen-bond acceptors (Lipinski definition) is 2. The van der Waals surface area contributed by atoms with Gasteiger partial charge in [0.1, 0.15) is 11.4 Å². The van der Waals surface area contributed by atoms with E-state index in [-0.39, 0.29) is 17.7 Å². The first kappa shape index (κ1) is 19.9. The van der Waals surface area contributed by atoms with Crippen molar-refractivity contribution in [2.45, 2.75) is 70.1 Å². The van der Waals surface area contributed by atoms with Crippen molar-refractivity contribution in [3.05, 3.63) is 76.3 Å². The average molecular weight is 420 g/mol. The summed E-state index contributed by atoms with van der Waals surface area (Å²) < 4.78 is 6.72. The summed E-state index contributed by atoms with van der Waals surface area (Å²) in [5, 5.41) is 7.31. The maximum atomic E-state index is 6.72. The molecule has 30 heavy (non-hydrogen) atoms. The van der Waals surface area contributed by atoms with E-state index in [0.29, 0.717) is 0 Å². The van der Waals surface area contributed by atoms with E-state index >= 15 is 0 Å². The smallest absolute Gasteiger partial charge is 0.127 e. The fourth-order valence-corrected chi connectivity index (χ4v) is 5.70. The molecule has 156 valence electrons. The van der Waals surface area contributed by atoms with Crippen LogP contribution in [0.3, 0.4) is 0 Å². The van der Waals surface area contributed by atoms with Gasteiger partial charge in [-0.15, -0.1) is 0 Å². The van der Waals surface area contributed by atoms with Crippen molar-refractivity contribution < 1.29 is 4.74 Å². The van der Waals surface area contributed by atoms with Crippen LogP contribution in [-0.2, 0) is 0 Å². The Morgan fingerprint density at radius 2 is 1.77 bits per heavy atom. The predicted molar refractivity (Wildman–Crippen MR) is 125 cm³/mol. The summed E-state index contributed by atoms with van der Waals surface area (Å²) in [6.07, 6.45) is 7.15. The van der Waals surface area contributed by atoms with Gasteiger partial charge < -0.3 is 10.1 Å². The second-order valence-corrected chi connectivity index (χ2v) is 9.67. The highest BCUT2D eigenvalue weighted by molar-refractivity contribution is 6.30. The molecule has 0 saturated heterocycles. The summed E-state index contributed by atoms with van der Waals surface area (Å²) >= 11 is 6.46. The van der Waals surface area contributed by atoms with Gasteiger partial charge >= 0.3 is 0 Å². The van der Waals surface area contributed by atoms with Crippen LogP contribution in [0.15, 0.2) is 54.6 Å². The number of halogens is 1. The molecule has 1 aliphatic carbocycles. The van der Waals surface area contributed by atoms with Crippen LogP contribution in [0.25, 0.3) is 10.8 Å². The lowest BCUT2D eigenvalue weighted by Gasteiger charge is -2.46. The highest BCUT2D eigenvalue weighted by atomic mass is 35.5. The van der Waals surface area contributed by atoms with Crippen LogP contribution in [0.2, 0.25) is 5.02 Å². The molecule has 0 amide bonds. The van der Waals surface area contributed by atoms with Gasteiger partial charge in [-0.1, -0.05) is 54.4 Å². The number of hydrogen-bond donors (Lipinski definition) is 1. The summed E-state index contributed by atoms with van der Waals surface area (Å²) in [5.41, 5.74) is 3.64. The molecule has 2 aliphatic rings. The summed E-state index contributed by atoms with van der Waals surface area (Å²) in [7, 11) is 0. The molecular weight excluding hydrogens is 390 g/mol. The van der Waals surface area contributed by atoms with Crippen LogP contribution < -0.4 is 10.1 Å². The van der Waals surface area contributed by atoms with Gasteiger partial charge in [0.25, 0.3) is 0 Å². The molecule has 3 aromatic rings. The standard InChI is InChI=1S/C27H30ClNO/c1-18-14-23(28)16-24-25(17-27(30-26(18)24)12-6-3-7-13-27)29-19(2)21-11-10-20-8-4-5-9-22(20)15-21/h4-5,8-11,14-16,19,25,29H,3,6-7,12-13,17H2,1-2H3. The SMILES string of the molecule is Cc1cc(Cl)cc2c1OC1(CCCCC1)CC2NC(C)c1ccc2ccccc2c1. The molecule has 2 unspecified atom stereocenters. The molecule has 0 bridgehead atoms. The third kappa shape index (κ3) is 3.72. The van der Waals surface area contributed by atoms with Gasteiger partial charge in [0.2, 0.25) is 0 Å². The van der Waals surface area contributed by atoms with Crippen molar-refractivity contribution in [1.82, 2.24) is 5.32 Å². The van der Waals surface area contributed by atoms with E-state index in [1.54, 1.807) is 0 Å². The molecule has 1 heterocycles. The number of nitrogens with one attached hydrogen (secondary N) is 1. The molecule has 2 atom stereocenters. The number of rotatable bonds is 3. The maximum absolute atomic E-state index is 6.72. The van der Waals surface area contributed by atoms with Crippen LogP contribution in [0.4, 0.5) is 0 Å². The van der Waals surface area contributed by atoms with E-state index < -0.39 is 0 Å². The highest BCUT2D eigenvalue weighted by Crippen LogP contribution is 2.48. The number of aryl methyl sites for hydroxylation is 1. The molecule has 1 saturated carbocycles. The Hall–Kier alpha value is -2.03. The first-order chi connectivity index (χ1) is 14.5. The molecule has 2 nitrogen and oxygen atoms in total. The normalized spacial score (nSPS) is 21.2. The van der Waals surface area contributed by atoms with Crippen LogP contribution in [0, 0.1) is 6.92 Å². The minimum Gasteiger partial charge on any atom is -0.487 e. The fourth-order valence-electron chi connectivity index (χ4n) is 5.42. The summed E-state index contributed by atoms with van der Waals surface area (Å²) in [6, 6.07) is 20.0. The topological polar surface area (TPSA) is 21.3 Å². The number of ether oxygens (including phenoxy) is 1. The Labute approximate surface area is 184 Å². The maximum Gasteiger partial charge on any atom is 0.127 e. The first-order valence-corrected chi connectivity index (χ1v) is 11.6. The van der Waals surface area contributed by atoms with Crippen molar-refractivity contribution >= 4 is 22.4 Å². The molecule has 3 heteroatoms. The van der Waals surface area contributed by atoms with Crippen molar-refractivity contribution in [3.8, 4) is 5.75 Å². The van der Waals surface area contributed by atoms with Crippen LogP contribution >= 0.6 is 11.6 Å². The van der Waals surface area contributed by atoms with Crippen LogP contribution in [0.1, 0.15) is 74.2 Å². The lowest BCUT2D eigenvalue weighted by molar-refractivity contribution is -0.00452. The van der Waals surface area contributed by atoms with Crippen molar-refractivity contribution in [3.63, 3.8) is 0 Å². The van der Waals surface area contributed by atoms with Gasteiger partial charge in [-0.2, -0.15) is 0 Å². The Morgan fingerprint density at radius 3 is 2.57 bits per heavy atom. The van der Waals surface area contributed by atoms with E-state index in [0.717, 1.165) is 35.6 Å². The van der Waals surface area contributed by atoms with E-state index in [1.807, 2.05) is 6.07 Å². The molecular formula is C27H30ClNO. The molecule has 1 spiro atoms. The van der Waals surface area contributed by atoms with Gasteiger partial charge in [-0.05, 0) is 79.6 Å². The van der Waals surface area contributed by atoms with Crippen molar-refractivity contribution in [1.29, 1.82) is 0 Å². The molecule has 1 fully saturated rings. The van der Waals surface area contributed by atoms with Crippen molar-refractivity contribution in [2.24, 2.45) is 0 Å². The second kappa shape index (κ2) is 7.90. The Kier molecular flexibility index (Phi) is 5.24. The minimum absolute atomic E-state index is 0.0371. The van der Waals surface area contributed by atoms with Crippen LogP contribution in [0.5, 0.6) is 5.75 Å². The lowest BCUT2D eigenvalue weighted by Crippen LogP contribution is -2.46. The predicted octanol–water partition coefficient (Wildman–Crippen LogP) is 7.68. The van der Waals surface area contributed by atoms with Gasteiger partial charge in [-0.25, -0.2) is 0 Å². The van der Waals surface area contributed by atoms with Crippen molar-refractivity contribution in [2.75, 3.05) is 0 Å². The van der Waals surface area contributed by atoms with E-state index in [9.17, 15) is 0 Å². The molecule has 1 aliphatic heterocycles. The zero-order valence-corrected chi connectivity index (χ0v) is 18.6. The van der Waals surface area contributed by atoms with E-state index in [1.165, 1.54) is 41.2 Å². The Bertz CT molecular complexity index is 1070. The molecule has 3 aromatic carbocycles. The molecule has 0 aromatic heterocycles. The summed E-state index contributed by atoms with van der Waals surface area (Å²) in [4.78, 5) is 0. The highest BCUT2D eigenvalue weighted by Gasteiger charge is 2.42. The lowest BCUT2D eigenvalue weighted by atomic mass is 9.76. The number of benzene rings is 3. The Balaban J connectivity index is 1.48. The Morgan fingerprint density at radius 1 is 1.00 bits per heavy atom. The summed E-state index contributed by atoms with van der Waals surface area (Å²) in [5.74, 6) is 1.05. The second-order valence-electron chi connectivity index (χ2n) is 9.24. The zero-order chi connectivity index (χ0) is 20.7. The van der Waals surface area contributed by atoms with E-state index in [2.05, 4.69) is 67.7 Å². The van der Waals surface area contributed by atoms with Gasteiger partial charge in [0.05, 0.1) is 0 Å². The molecule has 0 radical (unpaired) electrons. The monoisotopic (exact) mass is 419 g/mol. The average Bonchev–Trinajstić information content (AvgIpc) is 2.75. The third-order valence-corrected chi connectivity index (χ3v) is 7.25. The quantitative estimate of drug-likeness (QED) is 0.470. The largest absolute Gasteiger partial charge is 0.487 e. The van der Waals surface area contributed by atoms with E-state index in [4.69, 9.17) is 16.3 Å². The third-order valence-electron chi connectivity index (χ3n) is 7.03. The zero-order valence-electron chi connectivity index (χ0n) is 17.9. The first-order valence-electron chi connectivity index (χ1n) is 11.3. The fraction of sp³-hybridized carbons (Fsp3) is 0.407. The molecule has 5 rings (SSSR count). The summed E-state index contributed by atoms with van der Waals surface area (Å²) in [6.45, 7) is 4.39. The van der Waals surface area contributed by atoms with Gasteiger partial charge in [-0.3, -0.25) is 0 Å². The molecule has 1 N–H and O–H groups in total. The van der Waals surface area contributed by atoms with Gasteiger partial charge in [0.15, 0.2) is 0 Å².